The summed E-state index contributed by atoms with van der Waals surface area (Å²) in [6, 6.07) is 1.02. The van der Waals surface area contributed by atoms with E-state index in [1.807, 2.05) is 0 Å². The zero-order valence-corrected chi connectivity index (χ0v) is 15.0. The fourth-order valence-electron chi connectivity index (χ4n) is 4.22. The van der Waals surface area contributed by atoms with Gasteiger partial charge in [-0.3, -0.25) is 4.90 Å². The molecule has 6 heteroatoms. The van der Waals surface area contributed by atoms with Gasteiger partial charge in [-0.1, -0.05) is 0 Å². The largest absolute Gasteiger partial charge is 0.328 e. The molecule has 134 valence electrons. The zero-order chi connectivity index (χ0) is 16.5. The Morgan fingerprint density at radius 3 is 2.58 bits per heavy atom. The van der Waals surface area contributed by atoms with Crippen LogP contribution in [-0.2, 0) is 6.54 Å². The molecule has 1 aromatic heterocycles. The van der Waals surface area contributed by atoms with Crippen molar-refractivity contribution in [2.24, 2.45) is 5.73 Å². The van der Waals surface area contributed by atoms with Gasteiger partial charge in [-0.25, -0.2) is 0 Å². The summed E-state index contributed by atoms with van der Waals surface area (Å²) >= 11 is 0. The number of nitrogens with two attached hydrogens (primary N) is 1. The van der Waals surface area contributed by atoms with Crippen molar-refractivity contribution in [3.63, 3.8) is 0 Å². The van der Waals surface area contributed by atoms with Gasteiger partial charge in [0, 0.05) is 18.0 Å². The van der Waals surface area contributed by atoms with Gasteiger partial charge in [0.2, 0.25) is 0 Å². The van der Waals surface area contributed by atoms with Gasteiger partial charge >= 0.3 is 0 Å². The molecule has 1 aromatic rings. The van der Waals surface area contributed by atoms with Gasteiger partial charge in [-0.2, -0.15) is 0 Å². The normalized spacial score (nSPS) is 27.8. The Kier molecular flexibility index (Phi) is 4.88. The Labute approximate surface area is 145 Å². The average molecular weight is 332 g/mol. The maximum absolute atomic E-state index is 5.97. The summed E-state index contributed by atoms with van der Waals surface area (Å²) in [5.41, 5.74) is 5.97. The minimum absolute atomic E-state index is 0.371. The lowest BCUT2D eigenvalue weighted by atomic mass is 9.80. The van der Waals surface area contributed by atoms with E-state index in [0.29, 0.717) is 18.0 Å². The lowest BCUT2D eigenvalue weighted by molar-refractivity contribution is 0.267. The molecule has 0 amide bonds. The molecule has 0 unspecified atom stereocenters. The van der Waals surface area contributed by atoms with Crippen LogP contribution in [-0.4, -0.2) is 63.8 Å². The second kappa shape index (κ2) is 7.10. The molecule has 1 saturated heterocycles. The molecule has 0 atom stereocenters. The monoisotopic (exact) mass is 332 g/mol. The van der Waals surface area contributed by atoms with Gasteiger partial charge in [-0.15, -0.1) is 10.2 Å². The first kappa shape index (κ1) is 16.5. The van der Waals surface area contributed by atoms with Crippen LogP contribution in [0.1, 0.15) is 68.6 Å². The number of hydrogen-bond donors (Lipinski definition) is 1. The molecular formula is C18H32N6. The van der Waals surface area contributed by atoms with Crippen molar-refractivity contribution in [3.8, 4) is 0 Å². The standard InChI is InChI=1S/C18H32N6/c1-22(7-4-10-23-8-2-3-9-23)13-17-20-21-18(14-11-15(19)12-14)24(17)16-5-6-16/h14-16H,2-13,19H2,1H3. The van der Waals surface area contributed by atoms with Crippen molar-refractivity contribution in [2.45, 2.75) is 69.5 Å². The maximum atomic E-state index is 5.97. The number of likely N-dealkylation sites (tertiary alicyclic amines) is 1. The lowest BCUT2D eigenvalue weighted by Crippen LogP contribution is -2.36. The van der Waals surface area contributed by atoms with Crippen LogP contribution in [0.5, 0.6) is 0 Å². The first-order chi connectivity index (χ1) is 11.7. The number of aromatic nitrogens is 3. The van der Waals surface area contributed by atoms with Gasteiger partial charge in [0.25, 0.3) is 0 Å². The highest BCUT2D eigenvalue weighted by Gasteiger charge is 2.36. The number of rotatable bonds is 8. The predicted octanol–water partition coefficient (Wildman–Crippen LogP) is 1.74. The molecule has 2 aliphatic carbocycles. The van der Waals surface area contributed by atoms with Gasteiger partial charge in [0.05, 0.1) is 6.54 Å². The molecule has 0 radical (unpaired) electrons. The van der Waals surface area contributed by atoms with Crippen LogP contribution in [0.15, 0.2) is 0 Å². The van der Waals surface area contributed by atoms with Crippen LogP contribution < -0.4 is 5.73 Å². The number of hydrogen-bond acceptors (Lipinski definition) is 5. The van der Waals surface area contributed by atoms with Crippen molar-refractivity contribution in [2.75, 3.05) is 33.2 Å². The maximum Gasteiger partial charge on any atom is 0.147 e. The summed E-state index contributed by atoms with van der Waals surface area (Å²) < 4.78 is 2.45. The third-order valence-electron chi connectivity index (χ3n) is 5.87. The van der Waals surface area contributed by atoms with E-state index in [4.69, 9.17) is 5.73 Å². The molecule has 2 N–H and O–H groups in total. The quantitative estimate of drug-likeness (QED) is 0.785. The van der Waals surface area contributed by atoms with Crippen molar-refractivity contribution in [1.82, 2.24) is 24.6 Å². The van der Waals surface area contributed by atoms with Crippen LogP contribution >= 0.6 is 0 Å². The van der Waals surface area contributed by atoms with Crippen LogP contribution in [0.4, 0.5) is 0 Å². The Hall–Kier alpha value is -0.980. The second-order valence-corrected chi connectivity index (χ2v) is 8.14. The highest BCUT2D eigenvalue weighted by atomic mass is 15.3. The molecule has 24 heavy (non-hydrogen) atoms. The van der Waals surface area contributed by atoms with Gasteiger partial charge < -0.3 is 15.2 Å². The highest BCUT2D eigenvalue weighted by molar-refractivity contribution is 5.12. The minimum atomic E-state index is 0.371. The van der Waals surface area contributed by atoms with E-state index in [1.165, 1.54) is 57.6 Å². The van der Waals surface area contributed by atoms with E-state index in [0.717, 1.165) is 31.8 Å². The summed E-state index contributed by atoms with van der Waals surface area (Å²) in [5, 5.41) is 9.10. The number of nitrogens with zero attached hydrogens (tertiary/aromatic N) is 5. The average Bonchev–Trinajstić information content (AvgIpc) is 3.07. The molecule has 2 saturated carbocycles. The van der Waals surface area contributed by atoms with Crippen LogP contribution in [0, 0.1) is 0 Å². The van der Waals surface area contributed by atoms with Crippen LogP contribution in [0.25, 0.3) is 0 Å². The van der Waals surface area contributed by atoms with Gasteiger partial charge in [-0.05, 0) is 78.2 Å². The predicted molar refractivity (Wildman–Crippen MR) is 94.9 cm³/mol. The molecule has 2 heterocycles. The highest BCUT2D eigenvalue weighted by Crippen LogP contribution is 2.42. The summed E-state index contributed by atoms with van der Waals surface area (Å²) in [6.45, 7) is 5.89. The minimum Gasteiger partial charge on any atom is -0.328 e. The van der Waals surface area contributed by atoms with E-state index in [-0.39, 0.29) is 0 Å². The van der Waals surface area contributed by atoms with Crippen LogP contribution in [0.2, 0.25) is 0 Å². The summed E-state index contributed by atoms with van der Waals surface area (Å²) in [6.07, 6.45) is 8.75. The van der Waals surface area contributed by atoms with Crippen molar-refractivity contribution >= 4 is 0 Å². The third-order valence-corrected chi connectivity index (χ3v) is 5.87. The first-order valence-electron chi connectivity index (χ1n) is 9.81. The molecule has 6 nitrogen and oxygen atoms in total. The molecule has 0 bridgehead atoms. The molecular weight excluding hydrogens is 300 g/mol. The topological polar surface area (TPSA) is 63.2 Å². The first-order valence-corrected chi connectivity index (χ1v) is 9.81. The lowest BCUT2D eigenvalue weighted by Gasteiger charge is -2.32. The Morgan fingerprint density at radius 2 is 1.92 bits per heavy atom. The Morgan fingerprint density at radius 1 is 1.17 bits per heavy atom. The van der Waals surface area contributed by atoms with Crippen molar-refractivity contribution < 1.29 is 0 Å². The molecule has 0 aromatic carbocycles. The second-order valence-electron chi connectivity index (χ2n) is 8.14. The van der Waals surface area contributed by atoms with E-state index in [1.54, 1.807) is 0 Å². The van der Waals surface area contributed by atoms with E-state index < -0.39 is 0 Å². The van der Waals surface area contributed by atoms with Gasteiger partial charge in [0.15, 0.2) is 0 Å². The van der Waals surface area contributed by atoms with Crippen molar-refractivity contribution in [3.05, 3.63) is 11.6 Å². The summed E-state index contributed by atoms with van der Waals surface area (Å²) in [7, 11) is 2.22. The Bertz CT molecular complexity index is 540. The molecule has 1 aliphatic heterocycles. The molecule has 3 fully saturated rings. The summed E-state index contributed by atoms with van der Waals surface area (Å²) in [5.74, 6) is 2.92. The molecule has 4 rings (SSSR count). The third kappa shape index (κ3) is 3.65. The fraction of sp³-hybridized carbons (Fsp3) is 0.889. The summed E-state index contributed by atoms with van der Waals surface area (Å²) in [4.78, 5) is 5.01. The van der Waals surface area contributed by atoms with E-state index in [2.05, 4.69) is 31.6 Å². The van der Waals surface area contributed by atoms with Gasteiger partial charge in [0.1, 0.15) is 11.6 Å². The SMILES string of the molecule is CN(CCCN1CCCC1)Cc1nnc(C2CC(N)C2)n1C1CC1. The van der Waals surface area contributed by atoms with Crippen LogP contribution in [0.3, 0.4) is 0 Å². The van der Waals surface area contributed by atoms with Crippen molar-refractivity contribution in [1.29, 1.82) is 0 Å². The fourth-order valence-corrected chi connectivity index (χ4v) is 4.22. The zero-order valence-electron chi connectivity index (χ0n) is 15.0. The Balaban J connectivity index is 1.32. The van der Waals surface area contributed by atoms with E-state index in [9.17, 15) is 0 Å². The molecule has 3 aliphatic rings. The molecule has 0 spiro atoms. The van der Waals surface area contributed by atoms with E-state index >= 15 is 0 Å². The smallest absolute Gasteiger partial charge is 0.147 e.